The number of ether oxygens (including phenoxy) is 1. The molecule has 1 N–H and O–H groups in total. The molecule has 0 aromatic rings. The van der Waals surface area contributed by atoms with E-state index in [4.69, 9.17) is 10.3 Å². The number of carbonyl (C=O) groups excluding carboxylic acids is 1. The fourth-order valence-corrected chi connectivity index (χ4v) is 2.62. The smallest absolute Gasteiger partial charge is 0.326 e. The van der Waals surface area contributed by atoms with Crippen LogP contribution in [-0.2, 0) is 9.53 Å². The second-order valence-corrected chi connectivity index (χ2v) is 4.72. The summed E-state index contributed by atoms with van der Waals surface area (Å²) < 4.78 is 5.21. The number of nitrogens with zero attached hydrogens (tertiary/aromatic N) is 3. The lowest BCUT2D eigenvalue weighted by atomic mass is 9.73. The van der Waals surface area contributed by atoms with Gasteiger partial charge in [-0.1, -0.05) is 24.9 Å². The molecule has 0 amide bonds. The third-order valence-corrected chi connectivity index (χ3v) is 3.65. The van der Waals surface area contributed by atoms with Gasteiger partial charge in [-0.25, -0.2) is 0 Å². The van der Waals surface area contributed by atoms with Gasteiger partial charge < -0.3 is 10.1 Å². The first-order chi connectivity index (χ1) is 8.67. The van der Waals surface area contributed by atoms with Gasteiger partial charge in [0.15, 0.2) is 0 Å². The topological polar surface area (TPSA) is 87.1 Å². The molecule has 0 bridgehead atoms. The number of esters is 1. The Balaban J connectivity index is 2.72. The molecule has 0 spiro atoms. The first-order valence-electron chi connectivity index (χ1n) is 6.60. The molecule has 6 nitrogen and oxygen atoms in total. The van der Waals surface area contributed by atoms with Crippen LogP contribution in [0.1, 0.15) is 39.5 Å². The molecule has 0 aromatic heterocycles. The average molecular weight is 254 g/mol. The van der Waals surface area contributed by atoms with E-state index in [9.17, 15) is 4.79 Å². The maximum atomic E-state index is 12.2. The lowest BCUT2D eigenvalue weighted by molar-refractivity contribution is -0.155. The van der Waals surface area contributed by atoms with E-state index < -0.39 is 5.54 Å². The highest BCUT2D eigenvalue weighted by Crippen LogP contribution is 2.34. The summed E-state index contributed by atoms with van der Waals surface area (Å²) in [6, 6.07) is 0. The minimum atomic E-state index is -0.598. The maximum absolute atomic E-state index is 12.2. The number of rotatable bonds is 6. The highest BCUT2D eigenvalue weighted by molar-refractivity contribution is 5.81. The summed E-state index contributed by atoms with van der Waals surface area (Å²) in [7, 11) is 0. The van der Waals surface area contributed by atoms with E-state index in [-0.39, 0.29) is 11.9 Å². The third-order valence-electron chi connectivity index (χ3n) is 3.65. The van der Waals surface area contributed by atoms with Crippen molar-refractivity contribution in [2.24, 2.45) is 11.0 Å². The molecule has 1 saturated carbocycles. The largest absolute Gasteiger partial charge is 0.465 e. The molecule has 0 radical (unpaired) electrons. The number of nitrogens with one attached hydrogen (secondary N) is 1. The fraction of sp³-hybridized carbons (Fsp3) is 0.917. The molecule has 0 saturated heterocycles. The van der Waals surface area contributed by atoms with Crippen LogP contribution >= 0.6 is 0 Å². The molecule has 1 rings (SSSR count). The van der Waals surface area contributed by atoms with Crippen molar-refractivity contribution < 1.29 is 9.53 Å². The van der Waals surface area contributed by atoms with Gasteiger partial charge in [-0.3, -0.25) is 4.79 Å². The molecular weight excluding hydrogens is 232 g/mol. The summed E-state index contributed by atoms with van der Waals surface area (Å²) in [6.07, 6.45) is 3.99. The second-order valence-electron chi connectivity index (χ2n) is 4.72. The Hall–Kier alpha value is -1.26. The zero-order valence-corrected chi connectivity index (χ0v) is 11.2. The van der Waals surface area contributed by atoms with Gasteiger partial charge in [-0.05, 0) is 31.2 Å². The number of azide groups is 1. The van der Waals surface area contributed by atoms with Gasteiger partial charge in [0.2, 0.25) is 0 Å². The van der Waals surface area contributed by atoms with Crippen LogP contribution in [0.25, 0.3) is 10.4 Å². The van der Waals surface area contributed by atoms with E-state index in [1.807, 2.05) is 6.92 Å². The number of carbonyl (C=O) groups is 1. The van der Waals surface area contributed by atoms with Gasteiger partial charge >= 0.3 is 5.97 Å². The summed E-state index contributed by atoms with van der Waals surface area (Å²) in [5, 5.41) is 6.75. The molecule has 102 valence electrons. The molecule has 1 fully saturated rings. The lowest BCUT2D eigenvalue weighted by Gasteiger charge is -2.41. The van der Waals surface area contributed by atoms with E-state index in [2.05, 4.69) is 22.3 Å². The van der Waals surface area contributed by atoms with Gasteiger partial charge in [-0.2, -0.15) is 0 Å². The molecule has 2 unspecified atom stereocenters. The Kier molecular flexibility index (Phi) is 5.95. The van der Waals surface area contributed by atoms with Gasteiger partial charge in [0, 0.05) is 18.0 Å². The van der Waals surface area contributed by atoms with E-state index >= 15 is 0 Å². The molecule has 6 heteroatoms. The molecule has 2 atom stereocenters. The Morgan fingerprint density at radius 1 is 1.61 bits per heavy atom. The fourth-order valence-electron chi connectivity index (χ4n) is 2.62. The van der Waals surface area contributed by atoms with Crippen LogP contribution in [-0.4, -0.2) is 31.2 Å². The Bertz CT molecular complexity index is 328. The molecule has 1 aliphatic rings. The van der Waals surface area contributed by atoms with Gasteiger partial charge in [0.05, 0.1) is 6.61 Å². The van der Waals surface area contributed by atoms with Crippen LogP contribution in [0, 0.1) is 5.92 Å². The standard InChI is InChI=1S/C12H22N4O2/c1-3-18-11(17)12(14-8-9-15-16-13)7-5-4-6-10(12)2/h10,14H,3-9H2,1-2H3. The SMILES string of the molecule is CCOC(=O)C1(NCCN=[N+]=[N-])CCCCC1C. The van der Waals surface area contributed by atoms with E-state index in [0.717, 1.165) is 25.7 Å². The van der Waals surface area contributed by atoms with Crippen LogP contribution in [0.2, 0.25) is 0 Å². The first kappa shape index (κ1) is 14.8. The predicted molar refractivity (Wildman–Crippen MR) is 69.0 cm³/mol. The zero-order valence-electron chi connectivity index (χ0n) is 11.2. The summed E-state index contributed by atoms with van der Waals surface area (Å²) in [6.45, 7) is 5.15. The minimum Gasteiger partial charge on any atom is -0.465 e. The van der Waals surface area contributed by atoms with E-state index in [1.54, 1.807) is 0 Å². The number of hydrogen-bond acceptors (Lipinski definition) is 4. The average Bonchev–Trinajstić information content (AvgIpc) is 2.37. The van der Waals surface area contributed by atoms with Crippen LogP contribution in [0.4, 0.5) is 0 Å². The van der Waals surface area contributed by atoms with Crippen molar-refractivity contribution >= 4 is 5.97 Å². The van der Waals surface area contributed by atoms with Crippen molar-refractivity contribution in [1.29, 1.82) is 0 Å². The Morgan fingerprint density at radius 3 is 3.00 bits per heavy atom. The Labute approximate surface area is 108 Å². The van der Waals surface area contributed by atoms with Crippen LogP contribution in [0.5, 0.6) is 0 Å². The summed E-state index contributed by atoms with van der Waals surface area (Å²) in [5.74, 6) is 0.0782. The second kappa shape index (κ2) is 7.24. The molecule has 0 aliphatic heterocycles. The van der Waals surface area contributed by atoms with Crippen molar-refractivity contribution in [3.05, 3.63) is 10.4 Å². The zero-order chi connectivity index (χ0) is 13.4. The van der Waals surface area contributed by atoms with E-state index in [1.165, 1.54) is 0 Å². The molecule has 18 heavy (non-hydrogen) atoms. The van der Waals surface area contributed by atoms with Crippen LogP contribution < -0.4 is 5.32 Å². The van der Waals surface area contributed by atoms with Gasteiger partial charge in [-0.15, -0.1) is 0 Å². The van der Waals surface area contributed by atoms with Crippen molar-refractivity contribution in [3.63, 3.8) is 0 Å². The van der Waals surface area contributed by atoms with Crippen molar-refractivity contribution in [2.75, 3.05) is 19.7 Å². The molecule has 0 aromatic carbocycles. The Morgan fingerprint density at radius 2 is 2.39 bits per heavy atom. The maximum Gasteiger partial charge on any atom is 0.326 e. The predicted octanol–water partition coefficient (Wildman–Crippen LogP) is 2.40. The van der Waals surface area contributed by atoms with Crippen molar-refractivity contribution in [2.45, 2.75) is 45.1 Å². The molecule has 1 aliphatic carbocycles. The highest BCUT2D eigenvalue weighted by atomic mass is 16.5. The van der Waals surface area contributed by atoms with E-state index in [0.29, 0.717) is 19.7 Å². The van der Waals surface area contributed by atoms with Gasteiger partial charge in [0.25, 0.3) is 0 Å². The third kappa shape index (κ3) is 3.37. The quantitative estimate of drug-likeness (QED) is 0.259. The summed E-state index contributed by atoms with van der Waals surface area (Å²) in [5.41, 5.74) is 7.65. The lowest BCUT2D eigenvalue weighted by Crippen LogP contribution is -2.59. The van der Waals surface area contributed by atoms with Crippen LogP contribution in [0.15, 0.2) is 5.11 Å². The summed E-state index contributed by atoms with van der Waals surface area (Å²) >= 11 is 0. The van der Waals surface area contributed by atoms with Crippen molar-refractivity contribution in [3.8, 4) is 0 Å². The molecular formula is C12H22N4O2. The minimum absolute atomic E-state index is 0.168. The normalized spacial score (nSPS) is 27.3. The first-order valence-corrected chi connectivity index (χ1v) is 6.60. The summed E-state index contributed by atoms with van der Waals surface area (Å²) in [4.78, 5) is 14.9. The molecule has 0 heterocycles. The monoisotopic (exact) mass is 254 g/mol. The van der Waals surface area contributed by atoms with Crippen molar-refractivity contribution in [1.82, 2.24) is 5.32 Å². The van der Waals surface area contributed by atoms with Gasteiger partial charge in [0.1, 0.15) is 5.54 Å². The highest BCUT2D eigenvalue weighted by Gasteiger charge is 2.45. The van der Waals surface area contributed by atoms with Crippen LogP contribution in [0.3, 0.4) is 0 Å². The number of hydrogen-bond donors (Lipinski definition) is 1.